The van der Waals surface area contributed by atoms with Crippen molar-refractivity contribution >= 4 is 15.7 Å². The molecule has 0 saturated carbocycles. The Morgan fingerprint density at radius 1 is 1.47 bits per heavy atom. The van der Waals surface area contributed by atoms with E-state index in [0.29, 0.717) is 26.1 Å². The highest BCUT2D eigenvalue weighted by molar-refractivity contribution is 7.92. The Balaban J connectivity index is 2.13. The monoisotopic (exact) mass is 264 g/mol. The highest BCUT2D eigenvalue weighted by Crippen LogP contribution is 2.18. The Morgan fingerprint density at radius 3 is 2.82 bits per heavy atom. The summed E-state index contributed by atoms with van der Waals surface area (Å²) in [5, 5.41) is 5.21. The third-order valence-corrected chi connectivity index (χ3v) is 5.02. The van der Waals surface area contributed by atoms with Crippen molar-refractivity contribution in [2.45, 2.75) is 18.1 Å². The fraction of sp³-hybridized carbons (Fsp3) is 0.900. The van der Waals surface area contributed by atoms with Gasteiger partial charge in [0.15, 0.2) is 9.84 Å². The standard InChI is InChI=1S/C10H20N2O4S/c1-16-5-4-12-10(13)8-11-7-9-3-2-6-17(9,14)15/h9,11H,2-8H2,1H3,(H,12,13). The molecular weight excluding hydrogens is 244 g/mol. The summed E-state index contributed by atoms with van der Waals surface area (Å²) in [6.07, 6.45) is 1.43. The van der Waals surface area contributed by atoms with Gasteiger partial charge >= 0.3 is 0 Å². The second-order valence-electron chi connectivity index (χ2n) is 4.10. The Hall–Kier alpha value is -0.660. The van der Waals surface area contributed by atoms with Crippen LogP contribution in [-0.2, 0) is 19.4 Å². The van der Waals surface area contributed by atoms with E-state index in [2.05, 4.69) is 10.6 Å². The van der Waals surface area contributed by atoms with Crippen LogP contribution in [0.2, 0.25) is 0 Å². The van der Waals surface area contributed by atoms with Crippen molar-refractivity contribution in [3.05, 3.63) is 0 Å². The van der Waals surface area contributed by atoms with Gasteiger partial charge in [0.05, 0.1) is 24.2 Å². The van der Waals surface area contributed by atoms with Crippen LogP contribution in [0.1, 0.15) is 12.8 Å². The second-order valence-corrected chi connectivity index (χ2v) is 6.51. The van der Waals surface area contributed by atoms with Crippen LogP contribution in [0.5, 0.6) is 0 Å². The van der Waals surface area contributed by atoms with E-state index in [1.807, 2.05) is 0 Å². The first-order valence-corrected chi connectivity index (χ1v) is 7.45. The van der Waals surface area contributed by atoms with Crippen LogP contribution in [0.15, 0.2) is 0 Å². The summed E-state index contributed by atoms with van der Waals surface area (Å²) in [5.41, 5.74) is 0. The molecule has 1 amide bonds. The fourth-order valence-corrected chi connectivity index (χ4v) is 3.59. The number of nitrogens with one attached hydrogen (secondary N) is 2. The van der Waals surface area contributed by atoms with Crippen molar-refractivity contribution in [1.29, 1.82) is 0 Å². The molecule has 0 aromatic heterocycles. The lowest BCUT2D eigenvalue weighted by atomic mass is 10.2. The largest absolute Gasteiger partial charge is 0.383 e. The molecule has 0 aromatic carbocycles. The van der Waals surface area contributed by atoms with Gasteiger partial charge in [-0.3, -0.25) is 4.79 Å². The van der Waals surface area contributed by atoms with Crippen LogP contribution in [0, 0.1) is 0 Å². The number of hydrogen-bond donors (Lipinski definition) is 2. The van der Waals surface area contributed by atoms with Crippen molar-refractivity contribution < 1.29 is 17.9 Å². The highest BCUT2D eigenvalue weighted by Gasteiger charge is 2.30. The van der Waals surface area contributed by atoms with Crippen molar-refractivity contribution in [1.82, 2.24) is 10.6 Å². The average Bonchev–Trinajstić information content (AvgIpc) is 2.59. The van der Waals surface area contributed by atoms with Crippen molar-refractivity contribution in [2.75, 3.05) is 39.1 Å². The number of rotatable bonds is 7. The summed E-state index contributed by atoms with van der Waals surface area (Å²) in [6.45, 7) is 1.46. The zero-order valence-corrected chi connectivity index (χ0v) is 10.9. The molecule has 1 fully saturated rings. The summed E-state index contributed by atoms with van der Waals surface area (Å²) >= 11 is 0. The van der Waals surface area contributed by atoms with Gasteiger partial charge in [-0.25, -0.2) is 8.42 Å². The second kappa shape index (κ2) is 6.93. The molecular formula is C10H20N2O4S. The zero-order valence-electron chi connectivity index (χ0n) is 10.1. The third kappa shape index (κ3) is 5.01. The molecule has 1 aliphatic rings. The van der Waals surface area contributed by atoms with Crippen molar-refractivity contribution in [2.24, 2.45) is 0 Å². The molecule has 7 heteroatoms. The molecule has 6 nitrogen and oxygen atoms in total. The van der Waals surface area contributed by atoms with Crippen LogP contribution in [-0.4, -0.2) is 58.7 Å². The fourth-order valence-electron chi connectivity index (χ4n) is 1.79. The van der Waals surface area contributed by atoms with Gasteiger partial charge in [0.1, 0.15) is 0 Å². The Morgan fingerprint density at radius 2 is 2.24 bits per heavy atom. The molecule has 0 aromatic rings. The maximum absolute atomic E-state index is 11.5. The van der Waals surface area contributed by atoms with Gasteiger partial charge in [-0.05, 0) is 12.8 Å². The van der Waals surface area contributed by atoms with Gasteiger partial charge in [0.25, 0.3) is 0 Å². The molecule has 17 heavy (non-hydrogen) atoms. The molecule has 0 bridgehead atoms. The Kier molecular flexibility index (Phi) is 5.87. The van der Waals surface area contributed by atoms with E-state index in [9.17, 15) is 13.2 Å². The minimum Gasteiger partial charge on any atom is -0.383 e. The molecule has 1 unspecified atom stereocenters. The summed E-state index contributed by atoms with van der Waals surface area (Å²) in [4.78, 5) is 11.3. The van der Waals surface area contributed by atoms with E-state index < -0.39 is 9.84 Å². The van der Waals surface area contributed by atoms with Crippen LogP contribution in [0.25, 0.3) is 0 Å². The number of carbonyl (C=O) groups is 1. The lowest BCUT2D eigenvalue weighted by Gasteiger charge is -2.10. The molecule has 1 saturated heterocycles. The molecule has 1 aliphatic heterocycles. The number of amides is 1. The van der Waals surface area contributed by atoms with E-state index in [1.165, 1.54) is 0 Å². The first-order chi connectivity index (χ1) is 8.06. The van der Waals surface area contributed by atoms with Crippen molar-refractivity contribution in [3.8, 4) is 0 Å². The van der Waals surface area contributed by atoms with Gasteiger partial charge in [0.2, 0.25) is 5.91 Å². The van der Waals surface area contributed by atoms with E-state index in [-0.39, 0.29) is 23.5 Å². The molecule has 0 spiro atoms. The first-order valence-electron chi connectivity index (χ1n) is 5.74. The van der Waals surface area contributed by atoms with Gasteiger partial charge in [-0.2, -0.15) is 0 Å². The maximum Gasteiger partial charge on any atom is 0.234 e. The first kappa shape index (κ1) is 14.4. The summed E-state index contributed by atoms with van der Waals surface area (Å²) in [6, 6.07) is 0. The van der Waals surface area contributed by atoms with Crippen LogP contribution < -0.4 is 10.6 Å². The molecule has 2 N–H and O–H groups in total. The van der Waals surface area contributed by atoms with Gasteiger partial charge in [0, 0.05) is 20.2 Å². The molecule has 0 aliphatic carbocycles. The Bertz CT molecular complexity index is 342. The van der Waals surface area contributed by atoms with Gasteiger partial charge in [-0.15, -0.1) is 0 Å². The lowest BCUT2D eigenvalue weighted by Crippen LogP contribution is -2.39. The van der Waals surface area contributed by atoms with Crippen molar-refractivity contribution in [3.63, 3.8) is 0 Å². The SMILES string of the molecule is COCCNC(=O)CNCC1CCCS1(=O)=O. The number of carbonyl (C=O) groups excluding carboxylic acids is 1. The summed E-state index contributed by atoms with van der Waals surface area (Å²) in [5.74, 6) is 0.136. The Labute approximate surface area is 102 Å². The summed E-state index contributed by atoms with van der Waals surface area (Å²) < 4.78 is 27.8. The molecule has 1 atom stereocenters. The minimum absolute atomic E-state index is 0.141. The topological polar surface area (TPSA) is 84.5 Å². The van der Waals surface area contributed by atoms with E-state index in [1.54, 1.807) is 7.11 Å². The number of hydrogen-bond acceptors (Lipinski definition) is 5. The predicted molar refractivity (Wildman–Crippen MR) is 64.6 cm³/mol. The van der Waals surface area contributed by atoms with E-state index in [0.717, 1.165) is 6.42 Å². The maximum atomic E-state index is 11.5. The van der Waals surface area contributed by atoms with Crippen LogP contribution in [0.3, 0.4) is 0 Å². The van der Waals surface area contributed by atoms with E-state index >= 15 is 0 Å². The molecule has 1 heterocycles. The molecule has 1 rings (SSSR count). The average molecular weight is 264 g/mol. The smallest absolute Gasteiger partial charge is 0.234 e. The van der Waals surface area contributed by atoms with Gasteiger partial charge < -0.3 is 15.4 Å². The molecule has 100 valence electrons. The van der Waals surface area contributed by atoms with Gasteiger partial charge in [-0.1, -0.05) is 0 Å². The van der Waals surface area contributed by atoms with Crippen LogP contribution >= 0.6 is 0 Å². The quantitative estimate of drug-likeness (QED) is 0.571. The van der Waals surface area contributed by atoms with E-state index in [4.69, 9.17) is 4.74 Å². The summed E-state index contributed by atoms with van der Waals surface area (Å²) in [7, 11) is -1.36. The highest BCUT2D eigenvalue weighted by atomic mass is 32.2. The lowest BCUT2D eigenvalue weighted by molar-refractivity contribution is -0.120. The normalized spacial score (nSPS) is 22.5. The van der Waals surface area contributed by atoms with Crippen LogP contribution in [0.4, 0.5) is 0 Å². The number of ether oxygens (including phenoxy) is 1. The zero-order chi connectivity index (χ0) is 12.7. The number of methoxy groups -OCH3 is 1. The number of sulfone groups is 1. The third-order valence-electron chi connectivity index (χ3n) is 2.75. The molecule has 0 radical (unpaired) electrons. The predicted octanol–water partition coefficient (Wildman–Crippen LogP) is -1.08. The minimum atomic E-state index is -2.92.